The first-order valence-electron chi connectivity index (χ1n) is 9.32. The summed E-state index contributed by atoms with van der Waals surface area (Å²) in [6.07, 6.45) is 0.0602. The Bertz CT molecular complexity index is 1170. The Morgan fingerprint density at radius 3 is 2.47 bits per heavy atom. The summed E-state index contributed by atoms with van der Waals surface area (Å²) < 4.78 is 33.5. The average molecular weight is 515 g/mol. The summed E-state index contributed by atoms with van der Waals surface area (Å²) in [6, 6.07) is 12.8. The molecule has 0 spiro atoms. The van der Waals surface area contributed by atoms with Crippen LogP contribution in [0.2, 0.25) is 10.0 Å². The molecule has 0 aliphatic carbocycles. The molecule has 1 heterocycles. The zero-order chi connectivity index (χ0) is 23.3. The van der Waals surface area contributed by atoms with E-state index in [1.807, 2.05) is 5.38 Å². The van der Waals surface area contributed by atoms with E-state index in [9.17, 15) is 18.4 Å². The lowest BCUT2D eigenvalue weighted by Gasteiger charge is -2.29. The topological polar surface area (TPSA) is 95.9 Å². The van der Waals surface area contributed by atoms with Crippen LogP contribution in [0.5, 0.6) is 5.75 Å². The summed E-state index contributed by atoms with van der Waals surface area (Å²) in [4.78, 5) is 13.4. The predicted molar refractivity (Wildman–Crippen MR) is 124 cm³/mol. The standard InChI is InChI=1S/C21H20Cl2N2O5S2/c1-30-16-6-8-18(9-7-16)32(28,29)25(13-14-4-5-15(22)11-19(14)23)20(21(26)24-27)12-17-3-2-10-31-17/h2-11,20,27H,12-13H2,1H3,(H,24,26)/t20-/m1/s1. The fourth-order valence-corrected chi connectivity index (χ4v) is 5.86. The van der Waals surface area contributed by atoms with Crippen LogP contribution in [-0.4, -0.2) is 37.0 Å². The molecule has 0 aliphatic rings. The van der Waals surface area contributed by atoms with Crippen LogP contribution in [0.3, 0.4) is 0 Å². The van der Waals surface area contributed by atoms with Crippen molar-refractivity contribution < 1.29 is 23.2 Å². The number of rotatable bonds is 9. The minimum atomic E-state index is -4.19. The third kappa shape index (κ3) is 5.61. The quantitative estimate of drug-likeness (QED) is 0.326. The molecule has 0 aliphatic heterocycles. The van der Waals surface area contributed by atoms with Crippen LogP contribution in [-0.2, 0) is 27.8 Å². The van der Waals surface area contributed by atoms with Crippen molar-refractivity contribution in [2.75, 3.05) is 7.11 Å². The van der Waals surface area contributed by atoms with Gasteiger partial charge in [0.1, 0.15) is 11.8 Å². The Morgan fingerprint density at radius 2 is 1.91 bits per heavy atom. The number of hydroxylamine groups is 1. The van der Waals surface area contributed by atoms with E-state index in [0.717, 1.165) is 9.18 Å². The number of hydrogen-bond donors (Lipinski definition) is 2. The first kappa shape index (κ1) is 24.5. The first-order chi connectivity index (χ1) is 15.3. The Morgan fingerprint density at radius 1 is 1.19 bits per heavy atom. The number of ether oxygens (including phenoxy) is 1. The number of carbonyl (C=O) groups excluding carboxylic acids is 1. The highest BCUT2D eigenvalue weighted by molar-refractivity contribution is 7.89. The smallest absolute Gasteiger partial charge is 0.262 e. The lowest BCUT2D eigenvalue weighted by atomic mass is 10.1. The molecule has 0 saturated carbocycles. The van der Waals surface area contributed by atoms with E-state index in [0.29, 0.717) is 16.3 Å². The van der Waals surface area contributed by atoms with Crippen LogP contribution >= 0.6 is 34.5 Å². The molecule has 2 aromatic carbocycles. The zero-order valence-corrected chi connectivity index (χ0v) is 20.0. The molecule has 1 aromatic heterocycles. The van der Waals surface area contributed by atoms with Gasteiger partial charge in [0, 0.05) is 27.9 Å². The second-order valence-electron chi connectivity index (χ2n) is 6.74. The number of hydrogen-bond acceptors (Lipinski definition) is 6. The number of carbonyl (C=O) groups is 1. The number of thiophene rings is 1. The summed E-state index contributed by atoms with van der Waals surface area (Å²) >= 11 is 13.7. The second kappa shape index (κ2) is 10.7. The molecule has 7 nitrogen and oxygen atoms in total. The van der Waals surface area contributed by atoms with Gasteiger partial charge in [-0.3, -0.25) is 10.0 Å². The summed E-state index contributed by atoms with van der Waals surface area (Å²) in [5.41, 5.74) is 2.05. The van der Waals surface area contributed by atoms with Gasteiger partial charge in [0.15, 0.2) is 0 Å². The molecule has 1 atom stereocenters. The number of benzene rings is 2. The third-order valence-corrected chi connectivity index (χ3v) is 8.10. The number of sulfonamides is 1. The van der Waals surface area contributed by atoms with Crippen molar-refractivity contribution in [3.8, 4) is 5.75 Å². The van der Waals surface area contributed by atoms with Gasteiger partial charge in [0.2, 0.25) is 10.0 Å². The highest BCUT2D eigenvalue weighted by atomic mass is 35.5. The maximum atomic E-state index is 13.7. The van der Waals surface area contributed by atoms with Gasteiger partial charge in [0.05, 0.1) is 12.0 Å². The van der Waals surface area contributed by atoms with Crippen LogP contribution in [0, 0.1) is 0 Å². The lowest BCUT2D eigenvalue weighted by molar-refractivity contribution is -0.133. The van der Waals surface area contributed by atoms with Gasteiger partial charge >= 0.3 is 0 Å². The molecule has 170 valence electrons. The molecule has 2 N–H and O–H groups in total. The number of amides is 1. The maximum Gasteiger partial charge on any atom is 0.262 e. The Kier molecular flexibility index (Phi) is 8.16. The Hall–Kier alpha value is -2.14. The molecule has 3 aromatic rings. The molecule has 1 amide bonds. The summed E-state index contributed by atoms with van der Waals surface area (Å²) in [6.45, 7) is -0.214. The predicted octanol–water partition coefficient (Wildman–Crippen LogP) is 4.37. The highest BCUT2D eigenvalue weighted by Gasteiger charge is 2.37. The van der Waals surface area contributed by atoms with Crippen molar-refractivity contribution in [2.45, 2.75) is 23.9 Å². The SMILES string of the molecule is COc1ccc(S(=O)(=O)N(Cc2ccc(Cl)cc2Cl)[C@H](Cc2cccs2)C(=O)NO)cc1. The molecule has 3 rings (SSSR count). The van der Waals surface area contributed by atoms with E-state index >= 15 is 0 Å². The van der Waals surface area contributed by atoms with Crippen molar-refractivity contribution in [1.29, 1.82) is 0 Å². The van der Waals surface area contributed by atoms with E-state index in [2.05, 4.69) is 0 Å². The highest BCUT2D eigenvalue weighted by Crippen LogP contribution is 2.29. The molecule has 0 unspecified atom stereocenters. The minimum absolute atomic E-state index is 0.0368. The van der Waals surface area contributed by atoms with Crippen LogP contribution in [0.4, 0.5) is 0 Å². The molecular formula is C21H20Cl2N2O5S2. The monoisotopic (exact) mass is 514 g/mol. The summed E-state index contributed by atoms with van der Waals surface area (Å²) in [5.74, 6) is -0.375. The van der Waals surface area contributed by atoms with Crippen molar-refractivity contribution in [3.05, 3.63) is 80.5 Å². The minimum Gasteiger partial charge on any atom is -0.497 e. The maximum absolute atomic E-state index is 13.7. The molecule has 0 fully saturated rings. The normalized spacial score (nSPS) is 12.5. The van der Waals surface area contributed by atoms with Crippen molar-refractivity contribution in [1.82, 2.24) is 9.79 Å². The van der Waals surface area contributed by atoms with Crippen molar-refractivity contribution in [3.63, 3.8) is 0 Å². The lowest BCUT2D eigenvalue weighted by Crippen LogP contribution is -2.49. The van der Waals surface area contributed by atoms with E-state index in [-0.39, 0.29) is 22.9 Å². The van der Waals surface area contributed by atoms with E-state index in [1.54, 1.807) is 29.7 Å². The number of methoxy groups -OCH3 is 1. The fraction of sp³-hybridized carbons (Fsp3) is 0.190. The van der Waals surface area contributed by atoms with Gasteiger partial charge in [-0.25, -0.2) is 13.9 Å². The van der Waals surface area contributed by atoms with Gasteiger partial charge in [0.25, 0.3) is 5.91 Å². The second-order valence-corrected chi connectivity index (χ2v) is 10.5. The summed E-state index contributed by atoms with van der Waals surface area (Å²) in [7, 11) is -2.72. The Balaban J connectivity index is 2.10. The average Bonchev–Trinajstić information content (AvgIpc) is 3.30. The number of nitrogens with zero attached hydrogens (tertiary/aromatic N) is 1. The molecule has 0 radical (unpaired) electrons. The van der Waals surface area contributed by atoms with Crippen LogP contribution in [0.15, 0.2) is 64.9 Å². The Labute approximate surface area is 200 Å². The molecule has 0 saturated heterocycles. The third-order valence-electron chi connectivity index (χ3n) is 4.74. The van der Waals surface area contributed by atoms with Crippen LogP contribution in [0.1, 0.15) is 10.4 Å². The molecular weight excluding hydrogens is 495 g/mol. The van der Waals surface area contributed by atoms with Crippen LogP contribution in [0.25, 0.3) is 0 Å². The van der Waals surface area contributed by atoms with Gasteiger partial charge in [-0.2, -0.15) is 4.31 Å². The summed E-state index contributed by atoms with van der Waals surface area (Å²) in [5, 5.41) is 11.8. The van der Waals surface area contributed by atoms with E-state index in [4.69, 9.17) is 27.9 Å². The molecule has 11 heteroatoms. The van der Waals surface area contributed by atoms with Crippen LogP contribution < -0.4 is 10.2 Å². The van der Waals surface area contributed by atoms with Gasteiger partial charge in [-0.15, -0.1) is 11.3 Å². The van der Waals surface area contributed by atoms with Crippen molar-refractivity contribution in [2.24, 2.45) is 0 Å². The van der Waals surface area contributed by atoms with Gasteiger partial charge < -0.3 is 4.74 Å². The van der Waals surface area contributed by atoms with E-state index in [1.165, 1.54) is 48.8 Å². The fourth-order valence-electron chi connectivity index (χ4n) is 3.08. The van der Waals surface area contributed by atoms with E-state index < -0.39 is 22.0 Å². The zero-order valence-electron chi connectivity index (χ0n) is 16.9. The molecule has 0 bridgehead atoms. The van der Waals surface area contributed by atoms with Gasteiger partial charge in [-0.05, 0) is 53.4 Å². The molecule has 32 heavy (non-hydrogen) atoms. The van der Waals surface area contributed by atoms with Gasteiger partial charge in [-0.1, -0.05) is 35.3 Å². The first-order valence-corrected chi connectivity index (χ1v) is 12.4. The number of nitrogens with one attached hydrogen (secondary N) is 1. The number of halogens is 2. The largest absolute Gasteiger partial charge is 0.497 e. The van der Waals surface area contributed by atoms with Crippen molar-refractivity contribution >= 4 is 50.5 Å².